The Morgan fingerprint density at radius 3 is 3.00 bits per heavy atom. The lowest BCUT2D eigenvalue weighted by molar-refractivity contribution is -0.117. The third-order valence-corrected chi connectivity index (χ3v) is 5.23. The third kappa shape index (κ3) is 3.70. The minimum Gasteiger partial charge on any atom is -0.493 e. The van der Waals surface area contributed by atoms with Crippen LogP contribution in [-0.2, 0) is 11.4 Å². The number of hydrogen-bond donors (Lipinski definition) is 1. The van der Waals surface area contributed by atoms with Crippen LogP contribution in [0.3, 0.4) is 0 Å². The Morgan fingerprint density at radius 1 is 1.36 bits per heavy atom. The molecule has 4 rings (SSSR count). The maximum atomic E-state index is 12.0. The van der Waals surface area contributed by atoms with Gasteiger partial charge in [-0.2, -0.15) is 10.1 Å². The number of ether oxygens (including phenoxy) is 2. The molecular weight excluding hydrogens is 448 g/mol. The second kappa shape index (κ2) is 7.81. The lowest BCUT2D eigenvalue weighted by atomic mass is 10.0. The van der Waals surface area contributed by atoms with Crippen LogP contribution in [-0.4, -0.2) is 27.8 Å². The molecule has 2 aromatic carbocycles. The predicted molar refractivity (Wildman–Crippen MR) is 108 cm³/mol. The lowest BCUT2D eigenvalue weighted by Gasteiger charge is -2.25. The Labute approximate surface area is 174 Å². The second-order valence-electron chi connectivity index (χ2n) is 6.25. The number of aromatic nitrogens is 3. The second-order valence-corrected chi connectivity index (χ2v) is 7.54. The number of nitrogens with zero attached hydrogens (tertiary/aromatic N) is 3. The van der Waals surface area contributed by atoms with Gasteiger partial charge >= 0.3 is 0 Å². The van der Waals surface area contributed by atoms with Crippen molar-refractivity contribution in [1.82, 2.24) is 14.8 Å². The minimum atomic E-state index is -0.279. The number of methoxy groups -OCH3 is 1. The number of rotatable bonds is 5. The molecule has 0 unspecified atom stereocenters. The van der Waals surface area contributed by atoms with Crippen LogP contribution in [0.1, 0.15) is 23.6 Å². The van der Waals surface area contributed by atoms with Crippen molar-refractivity contribution in [2.45, 2.75) is 19.1 Å². The fraction of sp³-hybridized carbons (Fsp3) is 0.211. The topological polar surface area (TPSA) is 78.3 Å². The van der Waals surface area contributed by atoms with Crippen molar-refractivity contribution in [2.24, 2.45) is 0 Å². The molecule has 2 heterocycles. The normalized spacial score (nSPS) is 15.7. The highest BCUT2D eigenvalue weighted by atomic mass is 79.9. The summed E-state index contributed by atoms with van der Waals surface area (Å²) in [6.45, 7) is 0.341. The molecule has 1 N–H and O–H groups in total. The van der Waals surface area contributed by atoms with Gasteiger partial charge in [-0.15, -0.1) is 0 Å². The molecule has 1 amide bonds. The van der Waals surface area contributed by atoms with Crippen molar-refractivity contribution < 1.29 is 14.3 Å². The first kappa shape index (κ1) is 18.8. The molecule has 1 atom stereocenters. The van der Waals surface area contributed by atoms with E-state index in [1.165, 1.54) is 6.33 Å². The highest BCUT2D eigenvalue weighted by Crippen LogP contribution is 2.41. The monoisotopic (exact) mass is 462 g/mol. The van der Waals surface area contributed by atoms with E-state index in [9.17, 15) is 4.79 Å². The first-order valence-corrected chi connectivity index (χ1v) is 9.66. The highest BCUT2D eigenvalue weighted by molar-refractivity contribution is 9.10. The summed E-state index contributed by atoms with van der Waals surface area (Å²) in [6.07, 6.45) is 1.68. The number of anilines is 1. The van der Waals surface area contributed by atoms with E-state index in [0.717, 1.165) is 15.6 Å². The lowest BCUT2D eigenvalue weighted by Crippen LogP contribution is -2.29. The number of carbonyl (C=O) groups excluding carboxylic acids is 1. The number of benzene rings is 2. The van der Waals surface area contributed by atoms with Gasteiger partial charge < -0.3 is 9.47 Å². The van der Waals surface area contributed by atoms with Crippen molar-refractivity contribution in [2.75, 3.05) is 12.4 Å². The van der Waals surface area contributed by atoms with Crippen molar-refractivity contribution in [3.8, 4) is 11.5 Å². The number of halogens is 2. The first-order chi connectivity index (χ1) is 13.5. The van der Waals surface area contributed by atoms with Gasteiger partial charge in [-0.1, -0.05) is 23.7 Å². The van der Waals surface area contributed by atoms with Gasteiger partial charge in [0.2, 0.25) is 11.9 Å². The fourth-order valence-corrected chi connectivity index (χ4v) is 3.91. The zero-order valence-corrected chi connectivity index (χ0v) is 17.2. The SMILES string of the molecule is COc1cc([C@H]2CC(=O)Nc3ncnn32)cc(Br)c1OCc1cccc(Cl)c1. The molecule has 0 bridgehead atoms. The van der Waals surface area contributed by atoms with Gasteiger partial charge in [0, 0.05) is 5.02 Å². The van der Waals surface area contributed by atoms with Crippen molar-refractivity contribution in [3.63, 3.8) is 0 Å². The van der Waals surface area contributed by atoms with Crippen molar-refractivity contribution in [3.05, 3.63) is 63.3 Å². The number of nitrogens with one attached hydrogen (secondary N) is 1. The number of carbonyl (C=O) groups is 1. The summed E-state index contributed by atoms with van der Waals surface area (Å²) in [7, 11) is 1.58. The molecule has 1 aliphatic rings. The molecular formula is C19H16BrClN4O3. The Balaban J connectivity index is 1.64. The van der Waals surface area contributed by atoms with E-state index < -0.39 is 0 Å². The molecule has 9 heteroatoms. The molecule has 1 aromatic heterocycles. The zero-order valence-electron chi connectivity index (χ0n) is 14.9. The fourth-order valence-electron chi connectivity index (χ4n) is 3.12. The molecule has 0 spiro atoms. The molecule has 0 saturated heterocycles. The maximum absolute atomic E-state index is 12.0. The van der Waals surface area contributed by atoms with Crippen LogP contribution in [0, 0.1) is 0 Å². The van der Waals surface area contributed by atoms with Gasteiger partial charge in [-0.3, -0.25) is 10.1 Å². The van der Waals surface area contributed by atoms with E-state index in [0.29, 0.717) is 29.1 Å². The van der Waals surface area contributed by atoms with Crippen LogP contribution >= 0.6 is 27.5 Å². The van der Waals surface area contributed by atoms with Crippen LogP contribution in [0.5, 0.6) is 11.5 Å². The predicted octanol–water partition coefficient (Wildman–Crippen LogP) is 4.21. The first-order valence-electron chi connectivity index (χ1n) is 8.49. The van der Waals surface area contributed by atoms with Crippen LogP contribution in [0.15, 0.2) is 47.2 Å². The Hall–Kier alpha value is -2.58. The minimum absolute atomic E-state index is 0.109. The maximum Gasteiger partial charge on any atom is 0.229 e. The third-order valence-electron chi connectivity index (χ3n) is 4.41. The van der Waals surface area contributed by atoms with E-state index in [1.54, 1.807) is 11.8 Å². The Morgan fingerprint density at radius 2 is 2.21 bits per heavy atom. The summed E-state index contributed by atoms with van der Waals surface area (Å²) in [5, 5.41) is 7.60. The standard InChI is InChI=1S/C19H16BrClN4O3/c1-27-16-7-12(15-8-17(26)24-19-22-10-23-25(15)19)6-14(20)18(16)28-9-11-3-2-4-13(21)5-11/h2-7,10,15H,8-9H2,1H3,(H,22,23,24,26)/t15-/m1/s1. The largest absolute Gasteiger partial charge is 0.493 e. The van der Waals surface area contributed by atoms with Crippen molar-refractivity contribution in [1.29, 1.82) is 0 Å². The summed E-state index contributed by atoms with van der Waals surface area (Å²) < 4.78 is 13.9. The van der Waals surface area contributed by atoms with E-state index in [1.807, 2.05) is 36.4 Å². The van der Waals surface area contributed by atoms with Gasteiger partial charge in [-0.05, 0) is 51.3 Å². The summed E-state index contributed by atoms with van der Waals surface area (Å²) >= 11 is 9.59. The molecule has 0 radical (unpaired) electrons. The zero-order chi connectivity index (χ0) is 19.7. The number of fused-ring (bicyclic) bond motifs is 1. The summed E-state index contributed by atoms with van der Waals surface area (Å²) in [4.78, 5) is 16.1. The number of hydrogen-bond acceptors (Lipinski definition) is 5. The van der Waals surface area contributed by atoms with E-state index in [-0.39, 0.29) is 18.4 Å². The van der Waals surface area contributed by atoms with E-state index in [4.69, 9.17) is 21.1 Å². The van der Waals surface area contributed by atoms with Crippen LogP contribution in [0.4, 0.5) is 5.95 Å². The molecule has 144 valence electrons. The molecule has 0 saturated carbocycles. The van der Waals surface area contributed by atoms with E-state index >= 15 is 0 Å². The van der Waals surface area contributed by atoms with Crippen LogP contribution in [0.25, 0.3) is 0 Å². The number of amides is 1. The average molecular weight is 464 g/mol. The average Bonchev–Trinajstić information content (AvgIpc) is 3.14. The Kier molecular flexibility index (Phi) is 5.23. The highest BCUT2D eigenvalue weighted by Gasteiger charge is 2.29. The van der Waals surface area contributed by atoms with Crippen molar-refractivity contribution >= 4 is 39.4 Å². The van der Waals surface area contributed by atoms with Gasteiger partial charge in [0.25, 0.3) is 0 Å². The van der Waals surface area contributed by atoms with Crippen LogP contribution < -0.4 is 14.8 Å². The molecule has 28 heavy (non-hydrogen) atoms. The van der Waals surface area contributed by atoms with Gasteiger partial charge in [-0.25, -0.2) is 4.68 Å². The molecule has 7 nitrogen and oxygen atoms in total. The van der Waals surface area contributed by atoms with Gasteiger partial charge in [0.05, 0.1) is 24.0 Å². The van der Waals surface area contributed by atoms with E-state index in [2.05, 4.69) is 31.3 Å². The molecule has 0 fully saturated rings. The van der Waals surface area contributed by atoms with Crippen LogP contribution in [0.2, 0.25) is 5.02 Å². The molecule has 1 aliphatic heterocycles. The Bertz CT molecular complexity index is 1040. The quantitative estimate of drug-likeness (QED) is 0.613. The van der Waals surface area contributed by atoms with Gasteiger partial charge in [0.15, 0.2) is 11.5 Å². The smallest absolute Gasteiger partial charge is 0.229 e. The molecule has 3 aromatic rings. The van der Waals surface area contributed by atoms with Gasteiger partial charge in [0.1, 0.15) is 12.9 Å². The summed E-state index contributed by atoms with van der Waals surface area (Å²) in [5.74, 6) is 1.45. The summed E-state index contributed by atoms with van der Waals surface area (Å²) in [5.41, 5.74) is 1.81. The summed E-state index contributed by atoms with van der Waals surface area (Å²) in [6, 6.07) is 11.0. The molecule has 0 aliphatic carbocycles.